The van der Waals surface area contributed by atoms with Crippen LogP contribution < -0.4 is 14.4 Å². The van der Waals surface area contributed by atoms with Crippen LogP contribution in [0.5, 0.6) is 17.2 Å². The van der Waals surface area contributed by atoms with E-state index < -0.39 is 0 Å². The Bertz CT molecular complexity index is 1340. The summed E-state index contributed by atoms with van der Waals surface area (Å²) in [6.45, 7) is 0.997. The van der Waals surface area contributed by atoms with Crippen LogP contribution in [0, 0.1) is 0 Å². The van der Waals surface area contributed by atoms with E-state index in [-0.39, 0.29) is 17.7 Å². The number of hydrogen-bond donors (Lipinski definition) is 0. The summed E-state index contributed by atoms with van der Waals surface area (Å²) in [6.07, 6.45) is 0.120. The lowest BCUT2D eigenvalue weighted by atomic mass is 9.85. The van der Waals surface area contributed by atoms with Crippen molar-refractivity contribution in [2.24, 2.45) is 0 Å². The lowest BCUT2D eigenvalue weighted by molar-refractivity contribution is 0.398. The number of benzene rings is 4. The molecule has 33 heavy (non-hydrogen) atoms. The maximum atomic E-state index is 6.53. The fraction of sp³-hybridized carbons (Fsp3) is 0.172. The summed E-state index contributed by atoms with van der Waals surface area (Å²) in [5.74, 6) is 2.72. The number of para-hydroxylation sites is 3. The predicted molar refractivity (Wildman–Crippen MR) is 129 cm³/mol. The molecule has 2 fully saturated rings. The largest absolute Gasteiger partial charge is 0.497 e. The first kappa shape index (κ1) is 18.8. The van der Waals surface area contributed by atoms with Gasteiger partial charge in [-0.05, 0) is 41.5 Å². The van der Waals surface area contributed by atoms with Crippen molar-refractivity contribution in [3.63, 3.8) is 0 Å². The zero-order valence-corrected chi connectivity index (χ0v) is 18.4. The maximum absolute atomic E-state index is 6.53. The van der Waals surface area contributed by atoms with Crippen molar-refractivity contribution in [2.75, 3.05) is 18.6 Å². The molecule has 0 N–H and O–H groups in total. The standard InChI is InChI=1S/C29H24N2O2/c1-32-22-17-15-21(16-18-22)29-19-30(29)28(20-9-3-2-4-10-20)31-24-12-6-8-14-26(24)33-25-13-7-5-11-23(25)27(29)31/h2-18,27-28H,19H2,1H3/t27-,28+,29-,30?/m0/s1. The van der Waals surface area contributed by atoms with Crippen molar-refractivity contribution in [1.29, 1.82) is 0 Å². The topological polar surface area (TPSA) is 24.7 Å². The molecule has 3 aliphatic heterocycles. The van der Waals surface area contributed by atoms with Gasteiger partial charge in [0.25, 0.3) is 0 Å². The average Bonchev–Trinajstić information content (AvgIpc) is 3.57. The summed E-state index contributed by atoms with van der Waals surface area (Å²) >= 11 is 0. The second-order valence-electron chi connectivity index (χ2n) is 8.98. The molecule has 0 spiro atoms. The van der Waals surface area contributed by atoms with E-state index in [9.17, 15) is 0 Å². The molecule has 0 bridgehead atoms. The predicted octanol–water partition coefficient (Wildman–Crippen LogP) is 6.27. The van der Waals surface area contributed by atoms with Gasteiger partial charge in [0.05, 0.1) is 24.4 Å². The van der Waals surface area contributed by atoms with Crippen LogP contribution in [0.4, 0.5) is 5.69 Å². The zero-order valence-electron chi connectivity index (χ0n) is 18.4. The molecule has 0 aliphatic carbocycles. The molecule has 4 aromatic rings. The van der Waals surface area contributed by atoms with Crippen molar-refractivity contribution in [1.82, 2.24) is 4.90 Å². The first-order valence-electron chi connectivity index (χ1n) is 11.4. The van der Waals surface area contributed by atoms with Crippen LogP contribution in [0.1, 0.15) is 28.9 Å². The molecule has 4 atom stereocenters. The summed E-state index contributed by atoms with van der Waals surface area (Å²) in [7, 11) is 1.72. The van der Waals surface area contributed by atoms with Gasteiger partial charge in [0.2, 0.25) is 0 Å². The van der Waals surface area contributed by atoms with Gasteiger partial charge in [0.15, 0.2) is 5.75 Å². The Balaban J connectivity index is 1.50. The minimum atomic E-state index is -0.135. The summed E-state index contributed by atoms with van der Waals surface area (Å²) in [5.41, 5.74) is 4.83. The van der Waals surface area contributed by atoms with E-state index in [0.29, 0.717) is 0 Å². The number of ether oxygens (including phenoxy) is 2. The number of nitrogens with zero attached hydrogens (tertiary/aromatic N) is 2. The molecule has 4 nitrogen and oxygen atoms in total. The Morgan fingerprint density at radius 3 is 2.27 bits per heavy atom. The van der Waals surface area contributed by atoms with Gasteiger partial charge in [-0.25, -0.2) is 0 Å². The van der Waals surface area contributed by atoms with Gasteiger partial charge < -0.3 is 14.4 Å². The van der Waals surface area contributed by atoms with E-state index >= 15 is 0 Å². The Morgan fingerprint density at radius 1 is 0.788 bits per heavy atom. The van der Waals surface area contributed by atoms with Crippen molar-refractivity contribution in [3.05, 3.63) is 120 Å². The van der Waals surface area contributed by atoms with Crippen molar-refractivity contribution < 1.29 is 9.47 Å². The average molecular weight is 433 g/mol. The first-order valence-corrected chi connectivity index (χ1v) is 11.4. The number of hydrogen-bond acceptors (Lipinski definition) is 4. The molecular weight excluding hydrogens is 408 g/mol. The number of anilines is 1. The minimum Gasteiger partial charge on any atom is -0.497 e. The van der Waals surface area contributed by atoms with Gasteiger partial charge in [-0.3, -0.25) is 4.90 Å². The molecular formula is C29H24N2O2. The molecule has 4 heteroatoms. The van der Waals surface area contributed by atoms with E-state index in [2.05, 4.69) is 113 Å². The van der Waals surface area contributed by atoms with Crippen molar-refractivity contribution in [2.45, 2.75) is 17.7 Å². The SMILES string of the molecule is COc1ccc([C@]23CN2[C@@H](c2ccccc2)N2c4ccccc4Oc4ccccc4[C@H]23)cc1. The Labute approximate surface area is 193 Å². The molecule has 162 valence electrons. The van der Waals surface area contributed by atoms with Crippen LogP contribution in [0.25, 0.3) is 0 Å². The van der Waals surface area contributed by atoms with Gasteiger partial charge in [-0.15, -0.1) is 0 Å². The van der Waals surface area contributed by atoms with Crippen LogP contribution in [0.2, 0.25) is 0 Å². The third-order valence-electron chi connectivity index (χ3n) is 7.37. The van der Waals surface area contributed by atoms with Gasteiger partial charge >= 0.3 is 0 Å². The second kappa shape index (κ2) is 6.87. The second-order valence-corrected chi connectivity index (χ2v) is 8.98. The molecule has 0 aromatic heterocycles. The summed E-state index contributed by atoms with van der Waals surface area (Å²) < 4.78 is 12.0. The molecule has 0 saturated carbocycles. The maximum Gasteiger partial charge on any atom is 0.150 e. The highest BCUT2D eigenvalue weighted by Gasteiger charge is 2.71. The molecule has 0 amide bonds. The van der Waals surface area contributed by atoms with Crippen molar-refractivity contribution >= 4 is 5.69 Å². The van der Waals surface area contributed by atoms with Crippen LogP contribution in [-0.2, 0) is 5.54 Å². The number of fused-ring (bicyclic) bond motifs is 7. The van der Waals surface area contributed by atoms with Gasteiger partial charge in [-0.1, -0.05) is 72.8 Å². The zero-order chi connectivity index (χ0) is 22.0. The smallest absolute Gasteiger partial charge is 0.150 e. The summed E-state index contributed by atoms with van der Waals surface area (Å²) in [6, 6.07) is 36.5. The third-order valence-corrected chi connectivity index (χ3v) is 7.37. The van der Waals surface area contributed by atoms with E-state index in [1.165, 1.54) is 16.7 Å². The summed E-state index contributed by atoms with van der Waals surface area (Å²) in [5, 5.41) is 0. The molecule has 3 heterocycles. The molecule has 3 aliphatic rings. The Hall–Kier alpha value is -3.76. The minimum absolute atomic E-state index is 0.120. The Kier molecular flexibility index (Phi) is 3.91. The third kappa shape index (κ3) is 2.55. The quantitative estimate of drug-likeness (QED) is 0.356. The molecule has 2 saturated heterocycles. The molecule has 7 rings (SSSR count). The van der Waals surface area contributed by atoms with Gasteiger partial charge in [0, 0.05) is 12.1 Å². The normalized spacial score (nSPS) is 26.2. The Morgan fingerprint density at radius 2 is 1.48 bits per heavy atom. The van der Waals surface area contributed by atoms with Crippen LogP contribution in [0.15, 0.2) is 103 Å². The fourth-order valence-corrected chi connectivity index (χ4v) is 5.91. The molecule has 1 unspecified atom stereocenters. The number of methoxy groups -OCH3 is 1. The van der Waals surface area contributed by atoms with Crippen LogP contribution >= 0.6 is 0 Å². The monoisotopic (exact) mass is 432 g/mol. The molecule has 0 radical (unpaired) electrons. The van der Waals surface area contributed by atoms with Crippen LogP contribution in [-0.4, -0.2) is 18.6 Å². The number of rotatable bonds is 3. The first-order chi connectivity index (χ1) is 16.3. The lowest BCUT2D eigenvalue weighted by Crippen LogP contribution is -2.34. The van der Waals surface area contributed by atoms with E-state index in [4.69, 9.17) is 9.47 Å². The highest BCUT2D eigenvalue weighted by molar-refractivity contribution is 5.69. The van der Waals surface area contributed by atoms with E-state index in [0.717, 1.165) is 29.5 Å². The lowest BCUT2D eigenvalue weighted by Gasteiger charge is -2.35. The van der Waals surface area contributed by atoms with Gasteiger partial charge in [-0.2, -0.15) is 0 Å². The molecule has 4 aromatic carbocycles. The van der Waals surface area contributed by atoms with E-state index in [1.54, 1.807) is 7.11 Å². The highest BCUT2D eigenvalue weighted by atomic mass is 16.5. The van der Waals surface area contributed by atoms with Crippen LogP contribution in [0.3, 0.4) is 0 Å². The summed E-state index contributed by atoms with van der Waals surface area (Å²) in [4.78, 5) is 5.21. The van der Waals surface area contributed by atoms with E-state index in [1.807, 2.05) is 0 Å². The highest BCUT2D eigenvalue weighted by Crippen LogP contribution is 2.69. The fourth-order valence-electron chi connectivity index (χ4n) is 5.91. The van der Waals surface area contributed by atoms with Gasteiger partial charge in [0.1, 0.15) is 17.7 Å². The van der Waals surface area contributed by atoms with Crippen molar-refractivity contribution in [3.8, 4) is 17.2 Å².